The van der Waals surface area contributed by atoms with Crippen molar-refractivity contribution in [1.29, 1.82) is 0 Å². The Morgan fingerprint density at radius 3 is 2.50 bits per heavy atom. The van der Waals surface area contributed by atoms with Gasteiger partial charge in [-0.3, -0.25) is 4.98 Å². The van der Waals surface area contributed by atoms with E-state index in [-0.39, 0.29) is 19.0 Å². The Hall–Kier alpha value is -2.84. The minimum absolute atomic E-state index is 0.0188. The highest BCUT2D eigenvalue weighted by Crippen LogP contribution is 2.19. The molecule has 0 aliphatic carbocycles. The zero-order chi connectivity index (χ0) is 17.4. The number of nitrogens with zero attached hydrogens (tertiary/aromatic N) is 2. The van der Waals surface area contributed by atoms with E-state index >= 15 is 0 Å². The molecular weight excluding hydrogens is 325 g/mol. The van der Waals surface area contributed by atoms with Gasteiger partial charge in [-0.2, -0.15) is 13.2 Å². The van der Waals surface area contributed by atoms with Crippen LogP contribution in [0, 0.1) is 0 Å². The molecule has 9 heteroatoms. The molecule has 0 saturated carbocycles. The van der Waals surface area contributed by atoms with E-state index in [2.05, 4.69) is 25.3 Å². The summed E-state index contributed by atoms with van der Waals surface area (Å²) in [7, 11) is 0. The summed E-state index contributed by atoms with van der Waals surface area (Å²) in [5.41, 5.74) is 1.03. The highest BCUT2D eigenvalue weighted by Gasteiger charge is 2.29. The van der Waals surface area contributed by atoms with Crippen LogP contribution in [0.2, 0.25) is 0 Å². The van der Waals surface area contributed by atoms with Gasteiger partial charge in [0.1, 0.15) is 0 Å². The van der Waals surface area contributed by atoms with Crippen LogP contribution < -0.4 is 15.4 Å². The summed E-state index contributed by atoms with van der Waals surface area (Å²) in [5.74, 6) is -0.167. The molecule has 24 heavy (non-hydrogen) atoms. The second-order valence-electron chi connectivity index (χ2n) is 4.73. The molecule has 128 valence electrons. The fourth-order valence-electron chi connectivity index (χ4n) is 1.75. The van der Waals surface area contributed by atoms with Crippen LogP contribution in [-0.2, 0) is 13.1 Å². The largest absolute Gasteiger partial charge is 0.468 e. The summed E-state index contributed by atoms with van der Waals surface area (Å²) < 4.78 is 41.3. The lowest BCUT2D eigenvalue weighted by molar-refractivity contribution is -0.154. The third-order valence-corrected chi connectivity index (χ3v) is 2.82. The number of carbonyl (C=O) groups is 1. The van der Waals surface area contributed by atoms with E-state index < -0.39 is 18.8 Å². The molecule has 0 radical (unpaired) electrons. The molecule has 2 N–H and O–H groups in total. The maximum Gasteiger partial charge on any atom is 0.422 e. The summed E-state index contributed by atoms with van der Waals surface area (Å²) in [6.45, 7) is -1.23. The van der Waals surface area contributed by atoms with E-state index in [9.17, 15) is 18.0 Å². The zero-order valence-electron chi connectivity index (χ0n) is 12.5. The molecule has 2 rings (SSSR count). The van der Waals surface area contributed by atoms with E-state index in [0.717, 1.165) is 0 Å². The Balaban J connectivity index is 1.84. The van der Waals surface area contributed by atoms with Crippen molar-refractivity contribution in [3.8, 4) is 5.88 Å². The molecule has 2 aromatic rings. The zero-order valence-corrected chi connectivity index (χ0v) is 12.5. The molecule has 0 aromatic carbocycles. The summed E-state index contributed by atoms with van der Waals surface area (Å²) in [4.78, 5) is 19.5. The van der Waals surface area contributed by atoms with Crippen molar-refractivity contribution in [1.82, 2.24) is 20.6 Å². The molecule has 6 nitrogen and oxygen atoms in total. The lowest BCUT2D eigenvalue weighted by atomic mass is 10.2. The van der Waals surface area contributed by atoms with Gasteiger partial charge in [0, 0.05) is 24.5 Å². The number of nitrogens with one attached hydrogen (secondary N) is 2. The standard InChI is InChI=1S/C15H15F3N4O2/c16-15(17,18)10-24-13-11(4-3-7-20-13)8-21-14(23)22-9-12-5-1-2-6-19-12/h1-7H,8-10H2,(H2,21,22,23). The van der Waals surface area contributed by atoms with Crippen LogP contribution in [0.15, 0.2) is 42.7 Å². The number of pyridine rings is 2. The first-order valence-electron chi connectivity index (χ1n) is 6.99. The third-order valence-electron chi connectivity index (χ3n) is 2.82. The Labute approximate surface area is 136 Å². The minimum atomic E-state index is -4.46. The smallest absolute Gasteiger partial charge is 0.422 e. The number of alkyl halides is 3. The van der Waals surface area contributed by atoms with E-state index in [0.29, 0.717) is 11.3 Å². The molecule has 2 amide bonds. The van der Waals surface area contributed by atoms with Gasteiger partial charge >= 0.3 is 12.2 Å². The van der Waals surface area contributed by atoms with Gasteiger partial charge in [-0.25, -0.2) is 9.78 Å². The number of hydrogen-bond donors (Lipinski definition) is 2. The Kier molecular flexibility index (Phi) is 5.94. The van der Waals surface area contributed by atoms with E-state index in [1.165, 1.54) is 12.3 Å². The monoisotopic (exact) mass is 340 g/mol. The van der Waals surface area contributed by atoms with Gasteiger partial charge in [-0.05, 0) is 18.2 Å². The molecule has 0 fully saturated rings. The second kappa shape index (κ2) is 8.14. The van der Waals surface area contributed by atoms with Crippen LogP contribution in [0.25, 0.3) is 0 Å². The molecule has 0 unspecified atom stereocenters. The average Bonchev–Trinajstić information content (AvgIpc) is 2.57. The molecule has 0 bridgehead atoms. The normalized spacial score (nSPS) is 11.0. The van der Waals surface area contributed by atoms with E-state index in [1.807, 2.05) is 0 Å². The van der Waals surface area contributed by atoms with Gasteiger partial charge in [0.15, 0.2) is 6.61 Å². The van der Waals surface area contributed by atoms with Crippen molar-refractivity contribution in [3.63, 3.8) is 0 Å². The van der Waals surface area contributed by atoms with Gasteiger partial charge in [0.25, 0.3) is 0 Å². The van der Waals surface area contributed by atoms with Crippen LogP contribution in [0.5, 0.6) is 5.88 Å². The van der Waals surface area contributed by atoms with Crippen LogP contribution in [-0.4, -0.2) is 28.8 Å². The number of halogens is 3. The number of urea groups is 1. The summed E-state index contributed by atoms with van der Waals surface area (Å²) in [5, 5.41) is 5.12. The molecule has 0 atom stereocenters. The van der Waals surface area contributed by atoms with Crippen LogP contribution >= 0.6 is 0 Å². The van der Waals surface area contributed by atoms with Crippen LogP contribution in [0.4, 0.5) is 18.0 Å². The molecule has 0 saturated heterocycles. The number of rotatable bonds is 6. The van der Waals surface area contributed by atoms with Gasteiger partial charge in [0.2, 0.25) is 5.88 Å². The van der Waals surface area contributed by atoms with E-state index in [1.54, 1.807) is 30.5 Å². The Morgan fingerprint density at radius 2 is 1.79 bits per heavy atom. The predicted octanol–water partition coefficient (Wildman–Crippen LogP) is 2.42. The quantitative estimate of drug-likeness (QED) is 0.847. The maximum atomic E-state index is 12.2. The fraction of sp³-hybridized carbons (Fsp3) is 0.267. The molecular formula is C15H15F3N4O2. The fourth-order valence-corrected chi connectivity index (χ4v) is 1.75. The first kappa shape index (κ1) is 17.5. The average molecular weight is 340 g/mol. The van der Waals surface area contributed by atoms with Crippen LogP contribution in [0.3, 0.4) is 0 Å². The number of amides is 2. The summed E-state index contributed by atoms with van der Waals surface area (Å²) >= 11 is 0. The summed E-state index contributed by atoms with van der Waals surface area (Å²) in [6.07, 6.45) is -1.53. The number of hydrogen-bond acceptors (Lipinski definition) is 4. The Bertz CT molecular complexity index is 665. The van der Waals surface area contributed by atoms with Gasteiger partial charge in [-0.15, -0.1) is 0 Å². The highest BCUT2D eigenvalue weighted by atomic mass is 19.4. The van der Waals surface area contributed by atoms with Crippen molar-refractivity contribution < 1.29 is 22.7 Å². The van der Waals surface area contributed by atoms with Crippen molar-refractivity contribution >= 4 is 6.03 Å². The molecule has 0 aliphatic heterocycles. The number of carbonyl (C=O) groups excluding carboxylic acids is 1. The minimum Gasteiger partial charge on any atom is -0.468 e. The maximum absolute atomic E-state index is 12.2. The first-order valence-corrected chi connectivity index (χ1v) is 6.99. The van der Waals surface area contributed by atoms with Crippen molar-refractivity contribution in [2.45, 2.75) is 19.3 Å². The topological polar surface area (TPSA) is 76.1 Å². The van der Waals surface area contributed by atoms with Crippen molar-refractivity contribution in [3.05, 3.63) is 54.0 Å². The SMILES string of the molecule is O=C(NCc1ccccn1)NCc1cccnc1OCC(F)(F)F. The van der Waals surface area contributed by atoms with Gasteiger partial charge in [0.05, 0.1) is 12.2 Å². The molecule has 0 aliphatic rings. The number of aromatic nitrogens is 2. The second-order valence-corrected chi connectivity index (χ2v) is 4.73. The molecule has 0 spiro atoms. The summed E-state index contributed by atoms with van der Waals surface area (Å²) in [6, 6.07) is 7.90. The lowest BCUT2D eigenvalue weighted by Crippen LogP contribution is -2.35. The third kappa shape index (κ3) is 6.11. The Morgan fingerprint density at radius 1 is 1.04 bits per heavy atom. The molecule has 2 heterocycles. The highest BCUT2D eigenvalue weighted by molar-refractivity contribution is 5.73. The van der Waals surface area contributed by atoms with Gasteiger partial charge in [-0.1, -0.05) is 12.1 Å². The lowest BCUT2D eigenvalue weighted by Gasteiger charge is -2.12. The van der Waals surface area contributed by atoms with Crippen molar-refractivity contribution in [2.24, 2.45) is 0 Å². The first-order chi connectivity index (χ1) is 11.4. The molecule has 2 aromatic heterocycles. The number of ether oxygens (including phenoxy) is 1. The van der Waals surface area contributed by atoms with Gasteiger partial charge < -0.3 is 15.4 Å². The van der Waals surface area contributed by atoms with Crippen LogP contribution in [0.1, 0.15) is 11.3 Å². The van der Waals surface area contributed by atoms with E-state index in [4.69, 9.17) is 0 Å². The predicted molar refractivity (Wildman–Crippen MR) is 79.1 cm³/mol. The van der Waals surface area contributed by atoms with Crippen molar-refractivity contribution in [2.75, 3.05) is 6.61 Å².